The van der Waals surface area contributed by atoms with Crippen LogP contribution in [0.15, 0.2) is 79.1 Å². The topological polar surface area (TPSA) is 90.5 Å². The van der Waals surface area contributed by atoms with Crippen molar-refractivity contribution in [1.29, 1.82) is 0 Å². The predicted octanol–water partition coefficient (Wildman–Crippen LogP) is 2.67. The Bertz CT molecular complexity index is 1060. The molecule has 2 amide bonds. The first-order valence-electron chi connectivity index (χ1n) is 12.1. The second kappa shape index (κ2) is 12.6. The van der Waals surface area contributed by atoms with Crippen molar-refractivity contribution >= 4 is 17.8 Å². The fourth-order valence-corrected chi connectivity index (χ4v) is 4.18. The lowest BCUT2D eigenvalue weighted by Crippen LogP contribution is -2.47. The second-order valence-corrected chi connectivity index (χ2v) is 8.59. The maximum Gasteiger partial charge on any atom is 0.251 e. The van der Waals surface area contributed by atoms with Crippen molar-refractivity contribution in [2.75, 3.05) is 44.2 Å². The summed E-state index contributed by atoms with van der Waals surface area (Å²) in [6.07, 6.45) is 4.61. The third-order valence-corrected chi connectivity index (χ3v) is 6.11. The van der Waals surface area contributed by atoms with E-state index in [1.807, 2.05) is 54.6 Å². The fourth-order valence-electron chi connectivity index (χ4n) is 4.18. The molecule has 2 heterocycles. The molecule has 1 fully saturated rings. The summed E-state index contributed by atoms with van der Waals surface area (Å²) in [4.78, 5) is 38.7. The van der Waals surface area contributed by atoms with Crippen molar-refractivity contribution in [3.8, 4) is 0 Å². The highest BCUT2D eigenvalue weighted by molar-refractivity contribution is 5.94. The zero-order valence-corrected chi connectivity index (χ0v) is 19.8. The lowest BCUT2D eigenvalue weighted by atomic mass is 10.0. The number of carbonyl (C=O) groups excluding carboxylic acids is 2. The Kier molecular flexibility index (Phi) is 8.78. The van der Waals surface area contributed by atoms with E-state index in [9.17, 15) is 9.59 Å². The molecular weight excluding hydrogens is 440 g/mol. The fraction of sp³-hybridized carbons (Fsp3) is 0.333. The molecular formula is C27H32N6O2. The molecule has 3 aromatic rings. The van der Waals surface area contributed by atoms with Crippen LogP contribution in [0.5, 0.6) is 0 Å². The van der Waals surface area contributed by atoms with Crippen LogP contribution < -0.4 is 15.5 Å². The maximum absolute atomic E-state index is 12.7. The van der Waals surface area contributed by atoms with Crippen molar-refractivity contribution in [2.24, 2.45) is 0 Å². The summed E-state index contributed by atoms with van der Waals surface area (Å²) in [7, 11) is 0. The van der Waals surface area contributed by atoms with Gasteiger partial charge >= 0.3 is 0 Å². The minimum Gasteiger partial charge on any atom is -0.356 e. The molecule has 0 aliphatic carbocycles. The average Bonchev–Trinajstić information content (AvgIpc) is 2.92. The van der Waals surface area contributed by atoms with Crippen molar-refractivity contribution in [2.45, 2.75) is 18.9 Å². The summed E-state index contributed by atoms with van der Waals surface area (Å²) in [6.45, 7) is 5.24. The van der Waals surface area contributed by atoms with Crippen molar-refractivity contribution in [1.82, 2.24) is 25.5 Å². The van der Waals surface area contributed by atoms with E-state index in [-0.39, 0.29) is 18.2 Å². The highest BCUT2D eigenvalue weighted by Gasteiger charge is 2.20. The number of anilines is 1. The van der Waals surface area contributed by atoms with Gasteiger partial charge in [0.2, 0.25) is 11.9 Å². The second-order valence-electron chi connectivity index (χ2n) is 8.59. The minimum atomic E-state index is -0.391. The van der Waals surface area contributed by atoms with E-state index in [1.54, 1.807) is 24.5 Å². The molecule has 0 spiro atoms. The number of piperazine rings is 1. The van der Waals surface area contributed by atoms with Gasteiger partial charge in [-0.25, -0.2) is 9.97 Å². The van der Waals surface area contributed by atoms with E-state index in [1.165, 1.54) is 0 Å². The summed E-state index contributed by atoms with van der Waals surface area (Å²) >= 11 is 0. The largest absolute Gasteiger partial charge is 0.356 e. The van der Waals surface area contributed by atoms with E-state index in [0.717, 1.165) is 50.7 Å². The zero-order chi connectivity index (χ0) is 24.3. The van der Waals surface area contributed by atoms with Crippen LogP contribution in [0.4, 0.5) is 5.95 Å². The number of hydrogen-bond donors (Lipinski definition) is 2. The van der Waals surface area contributed by atoms with Crippen LogP contribution in [0, 0.1) is 0 Å². The quantitative estimate of drug-likeness (QED) is 0.441. The van der Waals surface area contributed by atoms with Crippen LogP contribution in [0.1, 0.15) is 34.8 Å². The highest BCUT2D eigenvalue weighted by Crippen LogP contribution is 2.17. The SMILES string of the molecule is O=C(CC(NC(=O)c1ccccc1)c1ccccc1)NCCCN1CCN(c2ncccn2)CC1. The zero-order valence-electron chi connectivity index (χ0n) is 19.8. The lowest BCUT2D eigenvalue weighted by molar-refractivity contribution is -0.121. The summed E-state index contributed by atoms with van der Waals surface area (Å²) in [5.41, 5.74) is 1.49. The van der Waals surface area contributed by atoms with Crippen LogP contribution >= 0.6 is 0 Å². The molecule has 1 saturated heterocycles. The molecule has 35 heavy (non-hydrogen) atoms. The summed E-state index contributed by atoms with van der Waals surface area (Å²) < 4.78 is 0. The van der Waals surface area contributed by atoms with Crippen LogP contribution in [0.2, 0.25) is 0 Å². The molecule has 0 radical (unpaired) electrons. The third-order valence-electron chi connectivity index (χ3n) is 6.11. The number of aromatic nitrogens is 2. The Labute approximate surface area is 206 Å². The van der Waals surface area contributed by atoms with Gasteiger partial charge in [0.15, 0.2) is 0 Å². The van der Waals surface area contributed by atoms with Crippen LogP contribution in [-0.2, 0) is 4.79 Å². The van der Waals surface area contributed by atoms with Gasteiger partial charge in [-0.05, 0) is 36.7 Å². The van der Waals surface area contributed by atoms with Gasteiger partial charge < -0.3 is 15.5 Å². The van der Waals surface area contributed by atoms with Crippen molar-refractivity contribution < 1.29 is 9.59 Å². The number of benzene rings is 2. The Morgan fingerprint density at radius 1 is 0.857 bits per heavy atom. The number of nitrogens with one attached hydrogen (secondary N) is 2. The van der Waals surface area contributed by atoms with E-state index < -0.39 is 6.04 Å². The van der Waals surface area contributed by atoms with Gasteiger partial charge in [0.1, 0.15) is 0 Å². The predicted molar refractivity (Wildman–Crippen MR) is 136 cm³/mol. The van der Waals surface area contributed by atoms with Gasteiger partial charge in [-0.2, -0.15) is 0 Å². The van der Waals surface area contributed by atoms with E-state index >= 15 is 0 Å². The first-order chi connectivity index (χ1) is 17.2. The average molecular weight is 473 g/mol. The Morgan fingerprint density at radius 2 is 1.51 bits per heavy atom. The van der Waals surface area contributed by atoms with Crippen molar-refractivity contribution in [3.63, 3.8) is 0 Å². The lowest BCUT2D eigenvalue weighted by Gasteiger charge is -2.34. The van der Waals surface area contributed by atoms with Gasteiger partial charge in [0.05, 0.1) is 12.5 Å². The monoisotopic (exact) mass is 472 g/mol. The first kappa shape index (κ1) is 24.3. The molecule has 0 bridgehead atoms. The number of rotatable bonds is 10. The van der Waals surface area contributed by atoms with Gasteiger partial charge in [-0.15, -0.1) is 0 Å². The smallest absolute Gasteiger partial charge is 0.251 e. The van der Waals surface area contributed by atoms with E-state index in [4.69, 9.17) is 0 Å². The minimum absolute atomic E-state index is 0.0711. The number of nitrogens with zero attached hydrogens (tertiary/aromatic N) is 4. The maximum atomic E-state index is 12.7. The molecule has 1 atom stereocenters. The van der Waals surface area contributed by atoms with Crippen LogP contribution in [0.25, 0.3) is 0 Å². The molecule has 1 unspecified atom stereocenters. The molecule has 1 aliphatic heterocycles. The van der Waals surface area contributed by atoms with Gasteiger partial charge in [0.25, 0.3) is 5.91 Å². The third kappa shape index (κ3) is 7.35. The standard InChI is InChI=1S/C27H32N6O2/c34-25(28-15-8-16-32-17-19-33(20-18-32)27-29-13-7-14-30-27)21-24(22-9-3-1-4-10-22)31-26(35)23-11-5-2-6-12-23/h1-7,9-14,24H,8,15-21H2,(H,28,34)(H,31,35). The Balaban J connectivity index is 1.20. The molecule has 0 saturated carbocycles. The van der Waals surface area contributed by atoms with Crippen LogP contribution in [0.3, 0.4) is 0 Å². The first-order valence-corrected chi connectivity index (χ1v) is 12.1. The summed E-state index contributed by atoms with van der Waals surface area (Å²) in [5.74, 6) is 0.525. The van der Waals surface area contributed by atoms with Crippen molar-refractivity contribution in [3.05, 3.63) is 90.3 Å². The number of hydrogen-bond acceptors (Lipinski definition) is 6. The molecule has 4 rings (SSSR count). The summed E-state index contributed by atoms with van der Waals surface area (Å²) in [6, 6.07) is 20.1. The molecule has 2 N–H and O–H groups in total. The Morgan fingerprint density at radius 3 is 2.20 bits per heavy atom. The van der Waals surface area contributed by atoms with Gasteiger partial charge in [-0.3, -0.25) is 14.5 Å². The van der Waals surface area contributed by atoms with E-state index in [0.29, 0.717) is 12.1 Å². The van der Waals surface area contributed by atoms with Gasteiger partial charge in [0, 0.05) is 50.7 Å². The number of amides is 2. The number of carbonyl (C=O) groups is 2. The summed E-state index contributed by atoms with van der Waals surface area (Å²) in [5, 5.41) is 6.04. The van der Waals surface area contributed by atoms with E-state index in [2.05, 4.69) is 30.4 Å². The molecule has 2 aromatic carbocycles. The molecule has 8 heteroatoms. The highest BCUT2D eigenvalue weighted by atomic mass is 16.2. The Hall–Kier alpha value is -3.78. The van der Waals surface area contributed by atoms with Gasteiger partial charge in [-0.1, -0.05) is 48.5 Å². The molecule has 182 valence electrons. The van der Waals surface area contributed by atoms with Crippen LogP contribution in [-0.4, -0.2) is 66.0 Å². The molecule has 1 aromatic heterocycles. The normalized spacial score (nSPS) is 14.8. The molecule has 8 nitrogen and oxygen atoms in total. The molecule has 1 aliphatic rings.